The molecule has 6 nitrogen and oxygen atoms in total. The van der Waals surface area contributed by atoms with Crippen molar-refractivity contribution in [3.63, 3.8) is 0 Å². The molecule has 6 heteroatoms. The van der Waals surface area contributed by atoms with Gasteiger partial charge in [0, 0.05) is 30.7 Å². The Labute approximate surface area is 156 Å². The monoisotopic (exact) mass is 360 g/mol. The topological polar surface area (TPSA) is 61.6 Å². The number of amides is 1. The Morgan fingerprint density at radius 1 is 1.15 bits per heavy atom. The predicted octanol–water partition coefficient (Wildman–Crippen LogP) is 2.25. The van der Waals surface area contributed by atoms with E-state index in [1.165, 1.54) is 31.2 Å². The zero-order valence-corrected chi connectivity index (χ0v) is 16.2. The van der Waals surface area contributed by atoms with E-state index in [2.05, 4.69) is 20.3 Å². The van der Waals surface area contributed by atoms with Crippen LogP contribution in [0.1, 0.15) is 55.5 Å². The smallest absolute Gasteiger partial charge is 0.224 e. The van der Waals surface area contributed by atoms with Crippen molar-refractivity contribution in [2.45, 2.75) is 71.0 Å². The standard InChI is InChI=1S/C20H32N4O2/c1-14-19(15(2)26-22-14)13-23-10-7-18(8-11-23)24-9-3-4-16(12-24)20(25)21-17-5-6-17/h16-18H,3-13H2,1-2H3,(H,21,25)/t16-/m1/s1. The summed E-state index contributed by atoms with van der Waals surface area (Å²) >= 11 is 0. The summed E-state index contributed by atoms with van der Waals surface area (Å²) in [7, 11) is 0. The van der Waals surface area contributed by atoms with Gasteiger partial charge in [0.05, 0.1) is 11.6 Å². The van der Waals surface area contributed by atoms with Crippen molar-refractivity contribution in [3.05, 3.63) is 17.0 Å². The van der Waals surface area contributed by atoms with Crippen LogP contribution in [0, 0.1) is 19.8 Å². The lowest BCUT2D eigenvalue weighted by Gasteiger charge is -2.42. The van der Waals surface area contributed by atoms with Crippen LogP contribution >= 0.6 is 0 Å². The van der Waals surface area contributed by atoms with Gasteiger partial charge >= 0.3 is 0 Å². The molecule has 26 heavy (non-hydrogen) atoms. The highest BCUT2D eigenvalue weighted by molar-refractivity contribution is 5.79. The van der Waals surface area contributed by atoms with Crippen LogP contribution < -0.4 is 5.32 Å². The van der Waals surface area contributed by atoms with Gasteiger partial charge in [0.25, 0.3) is 0 Å². The molecule has 1 aliphatic carbocycles. The minimum absolute atomic E-state index is 0.199. The van der Waals surface area contributed by atoms with Gasteiger partial charge in [-0.25, -0.2) is 0 Å². The molecule has 3 aliphatic rings. The van der Waals surface area contributed by atoms with Gasteiger partial charge < -0.3 is 9.84 Å². The number of likely N-dealkylation sites (tertiary alicyclic amines) is 2. The van der Waals surface area contributed by atoms with E-state index in [1.807, 2.05) is 13.8 Å². The molecule has 1 N–H and O–H groups in total. The van der Waals surface area contributed by atoms with Crippen molar-refractivity contribution in [3.8, 4) is 0 Å². The van der Waals surface area contributed by atoms with Crippen molar-refractivity contribution < 1.29 is 9.32 Å². The molecule has 0 unspecified atom stereocenters. The Kier molecular flexibility index (Phi) is 5.32. The first-order valence-corrected chi connectivity index (χ1v) is 10.3. The largest absolute Gasteiger partial charge is 0.361 e. The fourth-order valence-electron chi connectivity index (χ4n) is 4.49. The van der Waals surface area contributed by atoms with E-state index >= 15 is 0 Å². The summed E-state index contributed by atoms with van der Waals surface area (Å²) in [5, 5.41) is 7.27. The molecule has 1 aromatic heterocycles. The van der Waals surface area contributed by atoms with Crippen LogP contribution in [0.4, 0.5) is 0 Å². The Morgan fingerprint density at radius 2 is 1.92 bits per heavy atom. The number of aromatic nitrogens is 1. The number of aryl methyl sites for hydroxylation is 2. The third-order valence-electron chi connectivity index (χ3n) is 6.38. The first-order chi connectivity index (χ1) is 12.6. The lowest BCUT2D eigenvalue weighted by atomic mass is 9.93. The maximum absolute atomic E-state index is 12.4. The van der Waals surface area contributed by atoms with Crippen molar-refractivity contribution >= 4 is 5.91 Å². The molecule has 1 atom stereocenters. The molecule has 3 heterocycles. The van der Waals surface area contributed by atoms with Gasteiger partial charge in [-0.05, 0) is 72.0 Å². The summed E-state index contributed by atoms with van der Waals surface area (Å²) in [5.74, 6) is 1.45. The average molecular weight is 361 g/mol. The van der Waals surface area contributed by atoms with Crippen LogP contribution in [0.3, 0.4) is 0 Å². The van der Waals surface area contributed by atoms with Crippen LogP contribution in [0.5, 0.6) is 0 Å². The van der Waals surface area contributed by atoms with Crippen LogP contribution in [-0.4, -0.2) is 59.1 Å². The molecule has 1 amide bonds. The van der Waals surface area contributed by atoms with E-state index < -0.39 is 0 Å². The zero-order valence-electron chi connectivity index (χ0n) is 16.2. The minimum atomic E-state index is 0.199. The number of rotatable bonds is 5. The Balaban J connectivity index is 1.26. The second kappa shape index (κ2) is 7.69. The molecule has 2 saturated heterocycles. The maximum Gasteiger partial charge on any atom is 0.224 e. The van der Waals surface area contributed by atoms with E-state index in [0.29, 0.717) is 18.0 Å². The third-order valence-corrected chi connectivity index (χ3v) is 6.38. The highest BCUT2D eigenvalue weighted by Crippen LogP contribution is 2.26. The Hall–Kier alpha value is -1.40. The van der Waals surface area contributed by atoms with Crippen LogP contribution in [0.25, 0.3) is 0 Å². The van der Waals surface area contributed by atoms with E-state index in [9.17, 15) is 4.79 Å². The normalized spacial score (nSPS) is 26.2. The summed E-state index contributed by atoms with van der Waals surface area (Å²) in [6.07, 6.45) is 6.94. The summed E-state index contributed by atoms with van der Waals surface area (Å²) in [6.45, 7) is 9.31. The van der Waals surface area contributed by atoms with Gasteiger partial charge in [-0.2, -0.15) is 0 Å². The molecule has 0 aromatic carbocycles. The highest BCUT2D eigenvalue weighted by atomic mass is 16.5. The van der Waals surface area contributed by atoms with E-state index in [1.54, 1.807) is 0 Å². The molecule has 1 aromatic rings. The van der Waals surface area contributed by atoms with Crippen LogP contribution in [-0.2, 0) is 11.3 Å². The first kappa shape index (κ1) is 18.0. The maximum atomic E-state index is 12.4. The Bertz CT molecular complexity index is 612. The summed E-state index contributed by atoms with van der Waals surface area (Å²) < 4.78 is 5.30. The van der Waals surface area contributed by atoms with Crippen molar-refractivity contribution in [1.82, 2.24) is 20.3 Å². The van der Waals surface area contributed by atoms with Crippen molar-refractivity contribution in [2.75, 3.05) is 26.2 Å². The van der Waals surface area contributed by atoms with Gasteiger partial charge in [-0.1, -0.05) is 5.16 Å². The molecule has 0 radical (unpaired) electrons. The molecular weight excluding hydrogens is 328 g/mol. The number of nitrogens with one attached hydrogen (secondary N) is 1. The average Bonchev–Trinajstić information content (AvgIpc) is 3.43. The molecule has 144 valence electrons. The molecule has 2 aliphatic heterocycles. The molecular formula is C20H32N4O2. The molecule has 1 saturated carbocycles. The lowest BCUT2D eigenvalue weighted by molar-refractivity contribution is -0.127. The summed E-state index contributed by atoms with van der Waals surface area (Å²) in [4.78, 5) is 17.5. The van der Waals surface area contributed by atoms with Crippen LogP contribution in [0.2, 0.25) is 0 Å². The second-order valence-corrected chi connectivity index (χ2v) is 8.43. The van der Waals surface area contributed by atoms with Gasteiger partial charge in [0.1, 0.15) is 5.76 Å². The molecule has 0 spiro atoms. The first-order valence-electron chi connectivity index (χ1n) is 10.3. The van der Waals surface area contributed by atoms with Gasteiger partial charge in [-0.3, -0.25) is 14.6 Å². The fourth-order valence-corrected chi connectivity index (χ4v) is 4.49. The van der Waals surface area contributed by atoms with E-state index in [4.69, 9.17) is 4.52 Å². The lowest BCUT2D eigenvalue weighted by Crippen LogP contribution is -2.50. The summed E-state index contributed by atoms with van der Waals surface area (Å²) in [6, 6.07) is 1.11. The molecule has 3 fully saturated rings. The van der Waals surface area contributed by atoms with Gasteiger partial charge in [-0.15, -0.1) is 0 Å². The molecule has 4 rings (SSSR count). The summed E-state index contributed by atoms with van der Waals surface area (Å²) in [5.41, 5.74) is 2.27. The second-order valence-electron chi connectivity index (χ2n) is 8.43. The minimum Gasteiger partial charge on any atom is -0.361 e. The Morgan fingerprint density at radius 3 is 2.58 bits per heavy atom. The number of hydrogen-bond donors (Lipinski definition) is 1. The van der Waals surface area contributed by atoms with Crippen molar-refractivity contribution in [2.24, 2.45) is 5.92 Å². The SMILES string of the molecule is Cc1noc(C)c1CN1CCC(N2CCC[C@@H](C(=O)NC3CC3)C2)CC1. The number of hydrogen-bond acceptors (Lipinski definition) is 5. The van der Waals surface area contributed by atoms with Crippen molar-refractivity contribution in [1.29, 1.82) is 0 Å². The quantitative estimate of drug-likeness (QED) is 0.873. The number of carbonyl (C=O) groups excluding carboxylic acids is 1. The zero-order chi connectivity index (χ0) is 18.1. The highest BCUT2D eigenvalue weighted by Gasteiger charge is 2.33. The number of piperidine rings is 2. The molecule has 0 bridgehead atoms. The number of nitrogens with zero attached hydrogens (tertiary/aromatic N) is 3. The van der Waals surface area contributed by atoms with Gasteiger partial charge in [0.2, 0.25) is 5.91 Å². The van der Waals surface area contributed by atoms with Gasteiger partial charge in [0.15, 0.2) is 0 Å². The van der Waals surface area contributed by atoms with Crippen LogP contribution in [0.15, 0.2) is 4.52 Å². The predicted molar refractivity (Wildman–Crippen MR) is 99.7 cm³/mol. The third kappa shape index (κ3) is 4.12. The fraction of sp³-hybridized carbons (Fsp3) is 0.800. The van der Waals surface area contributed by atoms with E-state index in [-0.39, 0.29) is 5.92 Å². The number of carbonyl (C=O) groups is 1. The van der Waals surface area contributed by atoms with E-state index in [0.717, 1.165) is 57.0 Å².